The van der Waals surface area contributed by atoms with Gasteiger partial charge in [0.2, 0.25) is 0 Å². The average Bonchev–Trinajstić information content (AvgIpc) is 2.77. The Balaban J connectivity index is 2.16. The predicted octanol–water partition coefficient (Wildman–Crippen LogP) is 2.15. The third kappa shape index (κ3) is 2.09. The minimum Gasteiger partial charge on any atom is -0.478 e. The number of carboxylic acid groups (broad SMARTS) is 1. The van der Waals surface area contributed by atoms with E-state index < -0.39 is 5.97 Å². The van der Waals surface area contributed by atoms with Crippen LogP contribution in [0.25, 0.3) is 5.52 Å². The van der Waals surface area contributed by atoms with Crippen molar-refractivity contribution in [2.45, 2.75) is 18.8 Å². The molecule has 3 rings (SSSR count). The van der Waals surface area contributed by atoms with Crippen LogP contribution < -0.4 is 5.32 Å². The van der Waals surface area contributed by atoms with Gasteiger partial charge in [0.05, 0.1) is 11.1 Å². The van der Waals surface area contributed by atoms with Crippen LogP contribution in [0.1, 0.15) is 34.9 Å². The highest BCUT2D eigenvalue weighted by Gasteiger charge is 2.23. The second-order valence-corrected chi connectivity index (χ2v) is 5.09. The lowest BCUT2D eigenvalue weighted by Gasteiger charge is -2.21. The molecule has 1 aliphatic rings. The number of nitrogens with zero attached hydrogens (tertiary/aromatic N) is 2. The number of carbonyl (C=O) groups is 1. The monoisotopic (exact) mass is 279 g/mol. The van der Waals surface area contributed by atoms with Gasteiger partial charge in [0.1, 0.15) is 5.82 Å². The first-order chi connectivity index (χ1) is 9.18. The molecule has 1 saturated heterocycles. The normalized spacial score (nSPS) is 16.9. The molecule has 0 atom stereocenters. The molecule has 0 spiro atoms. The van der Waals surface area contributed by atoms with Crippen LogP contribution in [0.15, 0.2) is 18.3 Å². The van der Waals surface area contributed by atoms with E-state index in [1.165, 1.54) is 0 Å². The quantitative estimate of drug-likeness (QED) is 0.884. The van der Waals surface area contributed by atoms with Gasteiger partial charge in [-0.2, -0.15) is 0 Å². The topological polar surface area (TPSA) is 66.6 Å². The predicted molar refractivity (Wildman–Crippen MR) is 72.0 cm³/mol. The van der Waals surface area contributed by atoms with Crippen LogP contribution in [0.5, 0.6) is 0 Å². The second kappa shape index (κ2) is 4.83. The first kappa shape index (κ1) is 12.4. The van der Waals surface area contributed by atoms with E-state index in [-0.39, 0.29) is 10.7 Å². The third-order valence-corrected chi connectivity index (χ3v) is 3.85. The maximum absolute atomic E-state index is 11.2. The minimum absolute atomic E-state index is 0.195. The van der Waals surface area contributed by atoms with E-state index in [2.05, 4.69) is 10.3 Å². The molecule has 19 heavy (non-hydrogen) atoms. The lowest BCUT2D eigenvalue weighted by molar-refractivity contribution is 0.0698. The molecule has 2 aromatic rings. The van der Waals surface area contributed by atoms with E-state index in [1.807, 2.05) is 10.6 Å². The summed E-state index contributed by atoms with van der Waals surface area (Å²) in [5.74, 6) is 0.208. The molecule has 5 nitrogen and oxygen atoms in total. The van der Waals surface area contributed by atoms with Crippen molar-refractivity contribution < 1.29 is 9.90 Å². The van der Waals surface area contributed by atoms with Gasteiger partial charge in [-0.15, -0.1) is 0 Å². The summed E-state index contributed by atoms with van der Waals surface area (Å²) in [6.07, 6.45) is 3.82. The number of piperidine rings is 1. The summed E-state index contributed by atoms with van der Waals surface area (Å²) >= 11 is 6.14. The molecule has 2 N–H and O–H groups in total. The zero-order valence-corrected chi connectivity index (χ0v) is 11.0. The van der Waals surface area contributed by atoms with Crippen molar-refractivity contribution >= 4 is 23.1 Å². The lowest BCUT2D eigenvalue weighted by atomic mass is 9.97. The number of aromatic nitrogens is 2. The zero-order chi connectivity index (χ0) is 13.4. The zero-order valence-electron chi connectivity index (χ0n) is 10.3. The molecule has 1 fully saturated rings. The maximum Gasteiger partial charge on any atom is 0.337 e. The van der Waals surface area contributed by atoms with Gasteiger partial charge in [-0.25, -0.2) is 9.78 Å². The van der Waals surface area contributed by atoms with Gasteiger partial charge in [0.15, 0.2) is 5.15 Å². The van der Waals surface area contributed by atoms with Crippen LogP contribution in [-0.2, 0) is 0 Å². The van der Waals surface area contributed by atoms with E-state index in [9.17, 15) is 9.90 Å². The molecule has 0 radical (unpaired) electrons. The van der Waals surface area contributed by atoms with Gasteiger partial charge in [0, 0.05) is 12.1 Å². The molecular weight excluding hydrogens is 266 g/mol. The summed E-state index contributed by atoms with van der Waals surface area (Å²) in [5.41, 5.74) is 0.686. The van der Waals surface area contributed by atoms with Crippen molar-refractivity contribution in [2.24, 2.45) is 0 Å². The van der Waals surface area contributed by atoms with Crippen molar-refractivity contribution in [1.82, 2.24) is 14.7 Å². The number of halogens is 1. The van der Waals surface area contributed by atoms with E-state index >= 15 is 0 Å². The van der Waals surface area contributed by atoms with E-state index in [4.69, 9.17) is 11.6 Å². The van der Waals surface area contributed by atoms with Gasteiger partial charge < -0.3 is 14.8 Å². The molecule has 6 heteroatoms. The van der Waals surface area contributed by atoms with Crippen molar-refractivity contribution in [3.05, 3.63) is 34.9 Å². The largest absolute Gasteiger partial charge is 0.478 e. The SMILES string of the molecule is O=C(O)c1cccn2c(C3CCNCC3)nc(Cl)c12. The molecule has 100 valence electrons. The fourth-order valence-electron chi connectivity index (χ4n) is 2.66. The number of fused-ring (bicyclic) bond motifs is 1. The standard InChI is InChI=1S/C13H14ClN3O2/c14-11-10-9(13(18)19)2-1-7-17(10)12(16-11)8-3-5-15-6-4-8/h1-2,7-8,15H,3-6H2,(H,18,19). The Morgan fingerprint density at radius 2 is 2.21 bits per heavy atom. The highest BCUT2D eigenvalue weighted by molar-refractivity contribution is 6.33. The molecule has 2 aromatic heterocycles. The first-order valence-corrected chi connectivity index (χ1v) is 6.66. The number of nitrogens with one attached hydrogen (secondary N) is 1. The Morgan fingerprint density at radius 1 is 1.47 bits per heavy atom. The number of hydrogen-bond donors (Lipinski definition) is 2. The Morgan fingerprint density at radius 3 is 2.89 bits per heavy atom. The molecule has 0 saturated carbocycles. The van der Waals surface area contributed by atoms with Crippen molar-refractivity contribution in [3.63, 3.8) is 0 Å². The number of rotatable bonds is 2. The second-order valence-electron chi connectivity index (χ2n) is 4.73. The third-order valence-electron chi connectivity index (χ3n) is 3.58. The Labute approximate surface area is 115 Å². The van der Waals surface area contributed by atoms with E-state index in [0.29, 0.717) is 11.4 Å². The van der Waals surface area contributed by atoms with Crippen LogP contribution in [-0.4, -0.2) is 33.6 Å². The number of hydrogen-bond acceptors (Lipinski definition) is 3. The summed E-state index contributed by atoms with van der Waals surface area (Å²) in [6.45, 7) is 1.91. The van der Waals surface area contributed by atoms with Gasteiger partial charge in [-0.3, -0.25) is 0 Å². The summed E-state index contributed by atoms with van der Waals surface area (Å²) in [7, 11) is 0. The minimum atomic E-state index is -0.982. The van der Waals surface area contributed by atoms with Crippen LogP contribution in [0.3, 0.4) is 0 Å². The highest BCUT2D eigenvalue weighted by atomic mass is 35.5. The van der Waals surface area contributed by atoms with Gasteiger partial charge >= 0.3 is 5.97 Å². The number of pyridine rings is 1. The molecule has 0 aromatic carbocycles. The Hall–Kier alpha value is -1.59. The van der Waals surface area contributed by atoms with E-state index in [0.717, 1.165) is 31.8 Å². The number of aromatic carboxylic acids is 1. The van der Waals surface area contributed by atoms with Crippen LogP contribution >= 0.6 is 11.6 Å². The fraction of sp³-hybridized carbons (Fsp3) is 0.385. The highest BCUT2D eigenvalue weighted by Crippen LogP contribution is 2.30. The van der Waals surface area contributed by atoms with Crippen LogP contribution in [0.4, 0.5) is 0 Å². The number of carboxylic acids is 1. The Bertz CT molecular complexity index is 632. The molecule has 0 unspecified atom stereocenters. The molecule has 3 heterocycles. The smallest absolute Gasteiger partial charge is 0.337 e. The molecular formula is C13H14ClN3O2. The summed E-state index contributed by atoms with van der Waals surface area (Å²) in [5, 5.41) is 12.8. The molecule has 0 bridgehead atoms. The summed E-state index contributed by atoms with van der Waals surface area (Å²) in [4.78, 5) is 15.6. The molecule has 0 amide bonds. The average molecular weight is 280 g/mol. The number of imidazole rings is 1. The molecule has 0 aliphatic carbocycles. The van der Waals surface area contributed by atoms with Gasteiger partial charge in [0.25, 0.3) is 0 Å². The van der Waals surface area contributed by atoms with Crippen molar-refractivity contribution in [3.8, 4) is 0 Å². The maximum atomic E-state index is 11.2. The van der Waals surface area contributed by atoms with Crippen LogP contribution in [0.2, 0.25) is 5.15 Å². The van der Waals surface area contributed by atoms with Crippen molar-refractivity contribution in [1.29, 1.82) is 0 Å². The van der Waals surface area contributed by atoms with E-state index in [1.54, 1.807) is 12.1 Å². The van der Waals surface area contributed by atoms with Crippen LogP contribution in [0, 0.1) is 0 Å². The van der Waals surface area contributed by atoms with Gasteiger partial charge in [-0.05, 0) is 38.1 Å². The van der Waals surface area contributed by atoms with Crippen molar-refractivity contribution in [2.75, 3.05) is 13.1 Å². The summed E-state index contributed by atoms with van der Waals surface area (Å²) < 4.78 is 1.82. The lowest BCUT2D eigenvalue weighted by Crippen LogP contribution is -2.27. The summed E-state index contributed by atoms with van der Waals surface area (Å²) in [6, 6.07) is 3.27. The Kier molecular flexibility index (Phi) is 3.16. The fourth-order valence-corrected chi connectivity index (χ4v) is 2.94. The molecule has 1 aliphatic heterocycles. The first-order valence-electron chi connectivity index (χ1n) is 6.29. The van der Waals surface area contributed by atoms with Gasteiger partial charge in [-0.1, -0.05) is 11.6 Å².